The van der Waals surface area contributed by atoms with Crippen molar-refractivity contribution in [3.05, 3.63) is 65.2 Å². The summed E-state index contributed by atoms with van der Waals surface area (Å²) in [6.45, 7) is 2.00. The summed E-state index contributed by atoms with van der Waals surface area (Å²) in [6.07, 6.45) is 5.23. The summed E-state index contributed by atoms with van der Waals surface area (Å²) in [4.78, 5) is 13.9. The highest BCUT2D eigenvalue weighted by Crippen LogP contribution is 2.41. The number of thioether (sulfide) groups is 1. The predicted octanol–water partition coefficient (Wildman–Crippen LogP) is 4.53. The zero-order valence-corrected chi connectivity index (χ0v) is 13.9. The zero-order chi connectivity index (χ0) is 15.6. The Hall–Kier alpha value is -1.74. The molecule has 0 radical (unpaired) electrons. The maximum atomic E-state index is 12.8. The minimum Gasteiger partial charge on any atom is -0.343 e. The van der Waals surface area contributed by atoms with E-state index in [-0.39, 0.29) is 11.4 Å². The van der Waals surface area contributed by atoms with Gasteiger partial charge in [-0.1, -0.05) is 36.4 Å². The van der Waals surface area contributed by atoms with E-state index in [1.54, 1.807) is 11.8 Å². The first kappa shape index (κ1) is 15.2. The summed E-state index contributed by atoms with van der Waals surface area (Å²) in [5.74, 6) is 0.0388. The lowest BCUT2D eigenvalue weighted by atomic mass is 9.71. The van der Waals surface area contributed by atoms with Crippen LogP contribution in [0.5, 0.6) is 0 Å². The maximum Gasteiger partial charge on any atom is 0.252 e. The van der Waals surface area contributed by atoms with Crippen LogP contribution in [0, 0.1) is 6.92 Å². The Morgan fingerprint density at radius 3 is 2.45 bits per heavy atom. The number of hydrogen-bond donors (Lipinski definition) is 1. The van der Waals surface area contributed by atoms with Crippen LogP contribution in [-0.2, 0) is 5.54 Å². The number of rotatable bonds is 4. The molecule has 1 amide bonds. The molecule has 2 aromatic carbocycles. The first-order valence-corrected chi connectivity index (χ1v) is 8.90. The summed E-state index contributed by atoms with van der Waals surface area (Å²) in [6, 6.07) is 16.4. The van der Waals surface area contributed by atoms with Crippen molar-refractivity contribution in [3.8, 4) is 0 Å². The van der Waals surface area contributed by atoms with E-state index >= 15 is 0 Å². The van der Waals surface area contributed by atoms with E-state index < -0.39 is 0 Å². The van der Waals surface area contributed by atoms with Gasteiger partial charge in [0.25, 0.3) is 5.91 Å². The molecule has 0 spiro atoms. The van der Waals surface area contributed by atoms with Gasteiger partial charge in [0.05, 0.1) is 5.54 Å². The molecule has 114 valence electrons. The number of carbonyl (C=O) groups excluding carboxylic acids is 1. The van der Waals surface area contributed by atoms with Gasteiger partial charge in [0, 0.05) is 10.5 Å². The topological polar surface area (TPSA) is 29.1 Å². The van der Waals surface area contributed by atoms with Gasteiger partial charge in [0.15, 0.2) is 0 Å². The van der Waals surface area contributed by atoms with Crippen LogP contribution in [0.3, 0.4) is 0 Å². The Kier molecular flexibility index (Phi) is 4.25. The zero-order valence-electron chi connectivity index (χ0n) is 13.1. The fraction of sp³-hybridized carbons (Fsp3) is 0.316. The van der Waals surface area contributed by atoms with Crippen LogP contribution in [0.15, 0.2) is 53.4 Å². The first-order valence-electron chi connectivity index (χ1n) is 7.67. The minimum absolute atomic E-state index is 0.0388. The van der Waals surface area contributed by atoms with Crippen LogP contribution in [0.1, 0.15) is 40.7 Å². The maximum absolute atomic E-state index is 12.8. The third-order valence-corrected chi connectivity index (χ3v) is 5.30. The number of carbonyl (C=O) groups is 1. The van der Waals surface area contributed by atoms with Gasteiger partial charge in [0.1, 0.15) is 0 Å². The van der Waals surface area contributed by atoms with Crippen LogP contribution >= 0.6 is 11.8 Å². The molecule has 3 heteroatoms. The standard InChI is InChI=1S/C19H21NOS/c1-14-9-10-16(22-2)13-17(14)18(21)20-19(11-6-12-19)15-7-4-3-5-8-15/h3-5,7-10,13H,6,11-12H2,1-2H3,(H,20,21). The van der Waals surface area contributed by atoms with Crippen molar-refractivity contribution in [3.63, 3.8) is 0 Å². The Balaban J connectivity index is 1.87. The molecule has 0 aliphatic heterocycles. The summed E-state index contributed by atoms with van der Waals surface area (Å²) in [5.41, 5.74) is 2.85. The number of amides is 1. The Labute approximate surface area is 136 Å². The van der Waals surface area contributed by atoms with E-state index in [4.69, 9.17) is 0 Å². The third kappa shape index (κ3) is 2.78. The fourth-order valence-electron chi connectivity index (χ4n) is 3.03. The van der Waals surface area contributed by atoms with Gasteiger partial charge in [-0.2, -0.15) is 0 Å². The lowest BCUT2D eigenvalue weighted by Gasteiger charge is -2.43. The Morgan fingerprint density at radius 1 is 1.14 bits per heavy atom. The second-order valence-electron chi connectivity index (χ2n) is 5.94. The van der Waals surface area contributed by atoms with E-state index in [1.165, 1.54) is 12.0 Å². The molecule has 0 bridgehead atoms. The summed E-state index contributed by atoms with van der Waals surface area (Å²) in [5, 5.41) is 3.31. The highest BCUT2D eigenvalue weighted by molar-refractivity contribution is 7.98. The summed E-state index contributed by atoms with van der Waals surface area (Å²) in [7, 11) is 0. The van der Waals surface area contributed by atoms with Gasteiger partial charge in [-0.25, -0.2) is 0 Å². The molecule has 2 nitrogen and oxygen atoms in total. The van der Waals surface area contributed by atoms with Crippen molar-refractivity contribution in [2.75, 3.05) is 6.26 Å². The highest BCUT2D eigenvalue weighted by atomic mass is 32.2. The quantitative estimate of drug-likeness (QED) is 0.841. The van der Waals surface area contributed by atoms with E-state index in [0.29, 0.717) is 0 Å². The minimum atomic E-state index is -0.180. The van der Waals surface area contributed by atoms with E-state index in [2.05, 4.69) is 23.5 Å². The van der Waals surface area contributed by atoms with Crippen LogP contribution in [0.25, 0.3) is 0 Å². The third-order valence-electron chi connectivity index (χ3n) is 4.58. The number of aryl methyl sites for hydroxylation is 1. The Morgan fingerprint density at radius 2 is 1.86 bits per heavy atom. The van der Waals surface area contributed by atoms with Crippen molar-refractivity contribution in [2.45, 2.75) is 36.6 Å². The van der Waals surface area contributed by atoms with Gasteiger partial charge in [-0.15, -0.1) is 11.8 Å². The van der Waals surface area contributed by atoms with Crippen LogP contribution in [-0.4, -0.2) is 12.2 Å². The smallest absolute Gasteiger partial charge is 0.252 e. The molecule has 0 atom stereocenters. The van der Waals surface area contributed by atoms with Crippen LogP contribution < -0.4 is 5.32 Å². The molecule has 22 heavy (non-hydrogen) atoms. The Bertz CT molecular complexity index is 677. The molecule has 1 saturated carbocycles. The number of hydrogen-bond acceptors (Lipinski definition) is 2. The molecule has 0 aromatic heterocycles. The highest BCUT2D eigenvalue weighted by Gasteiger charge is 2.40. The molecule has 2 aromatic rings. The molecule has 1 N–H and O–H groups in total. The SMILES string of the molecule is CSc1ccc(C)c(C(=O)NC2(c3ccccc3)CCC2)c1. The van der Waals surface area contributed by atoms with Gasteiger partial charge in [0.2, 0.25) is 0 Å². The molecule has 0 unspecified atom stereocenters. The molecule has 1 aliphatic carbocycles. The van der Waals surface area contributed by atoms with E-state index in [0.717, 1.165) is 28.9 Å². The second kappa shape index (κ2) is 6.17. The van der Waals surface area contributed by atoms with Crippen LogP contribution in [0.4, 0.5) is 0 Å². The van der Waals surface area contributed by atoms with Crippen molar-refractivity contribution in [2.24, 2.45) is 0 Å². The normalized spacial score (nSPS) is 15.9. The number of nitrogens with one attached hydrogen (secondary N) is 1. The molecule has 1 fully saturated rings. The molecule has 0 heterocycles. The van der Waals surface area contributed by atoms with E-state index in [9.17, 15) is 4.79 Å². The average molecular weight is 311 g/mol. The monoisotopic (exact) mass is 311 g/mol. The van der Waals surface area contributed by atoms with Crippen LogP contribution in [0.2, 0.25) is 0 Å². The fourth-order valence-corrected chi connectivity index (χ4v) is 3.47. The van der Waals surface area contributed by atoms with E-state index in [1.807, 2.05) is 43.5 Å². The number of benzene rings is 2. The van der Waals surface area contributed by atoms with Gasteiger partial charge in [-0.3, -0.25) is 4.79 Å². The van der Waals surface area contributed by atoms with Crippen molar-refractivity contribution < 1.29 is 4.79 Å². The first-order chi connectivity index (χ1) is 10.6. The summed E-state index contributed by atoms with van der Waals surface area (Å²) < 4.78 is 0. The second-order valence-corrected chi connectivity index (χ2v) is 6.82. The van der Waals surface area contributed by atoms with Gasteiger partial charge >= 0.3 is 0 Å². The van der Waals surface area contributed by atoms with Crippen molar-refractivity contribution in [1.29, 1.82) is 0 Å². The average Bonchev–Trinajstić information content (AvgIpc) is 2.52. The lowest BCUT2D eigenvalue weighted by molar-refractivity contribution is 0.0822. The molecular formula is C19H21NOS. The van der Waals surface area contributed by atoms with Crippen molar-refractivity contribution in [1.82, 2.24) is 5.32 Å². The predicted molar refractivity (Wildman–Crippen MR) is 92.4 cm³/mol. The summed E-state index contributed by atoms with van der Waals surface area (Å²) >= 11 is 1.66. The lowest BCUT2D eigenvalue weighted by Crippen LogP contribution is -2.50. The van der Waals surface area contributed by atoms with Gasteiger partial charge < -0.3 is 5.32 Å². The molecule has 3 rings (SSSR count). The molecular weight excluding hydrogens is 290 g/mol. The molecule has 0 saturated heterocycles. The van der Waals surface area contributed by atoms with Crippen molar-refractivity contribution >= 4 is 17.7 Å². The van der Waals surface area contributed by atoms with Gasteiger partial charge in [-0.05, 0) is 55.7 Å². The molecule has 1 aliphatic rings. The largest absolute Gasteiger partial charge is 0.343 e.